The monoisotopic (exact) mass is 277 g/mol. The Hall–Kier alpha value is -0.530. The predicted octanol–water partition coefficient (Wildman–Crippen LogP) is 4.11. The molecule has 1 saturated carbocycles. The summed E-state index contributed by atoms with van der Waals surface area (Å²) >= 11 is 5.89. The molecule has 104 valence electrons. The summed E-state index contributed by atoms with van der Waals surface area (Å²) in [6, 6.07) is 8.99. The first-order chi connectivity index (χ1) is 9.33. The van der Waals surface area contributed by atoms with E-state index in [4.69, 9.17) is 11.6 Å². The highest BCUT2D eigenvalue weighted by Crippen LogP contribution is 2.48. The molecule has 1 aromatic rings. The molecular formula is C17H24ClN. The zero-order valence-electron chi connectivity index (χ0n) is 11.6. The predicted molar refractivity (Wildman–Crippen MR) is 82.0 cm³/mol. The summed E-state index contributed by atoms with van der Waals surface area (Å²) in [6.45, 7) is 2.30. The van der Waals surface area contributed by atoms with Gasteiger partial charge in [-0.15, -0.1) is 11.6 Å². The molecule has 1 N–H and O–H groups in total. The van der Waals surface area contributed by atoms with Gasteiger partial charge < -0.3 is 5.32 Å². The lowest BCUT2D eigenvalue weighted by Gasteiger charge is -2.26. The molecule has 1 aromatic carbocycles. The summed E-state index contributed by atoms with van der Waals surface area (Å²) in [6.07, 6.45) is 7.87. The molecule has 0 saturated heterocycles. The number of aryl methyl sites for hydroxylation is 1. The van der Waals surface area contributed by atoms with E-state index in [2.05, 4.69) is 29.6 Å². The molecule has 2 heteroatoms. The maximum absolute atomic E-state index is 5.89. The van der Waals surface area contributed by atoms with Crippen LogP contribution in [-0.2, 0) is 6.42 Å². The molecule has 19 heavy (non-hydrogen) atoms. The first kappa shape index (κ1) is 13.5. The van der Waals surface area contributed by atoms with Gasteiger partial charge in [0.25, 0.3) is 0 Å². The molecule has 2 aliphatic carbocycles. The lowest BCUT2D eigenvalue weighted by atomic mass is 9.83. The van der Waals surface area contributed by atoms with Crippen molar-refractivity contribution in [2.45, 2.75) is 44.4 Å². The Morgan fingerprint density at radius 3 is 2.89 bits per heavy atom. The van der Waals surface area contributed by atoms with E-state index in [-0.39, 0.29) is 0 Å². The summed E-state index contributed by atoms with van der Waals surface area (Å²) in [5, 5.41) is 3.72. The van der Waals surface area contributed by atoms with E-state index in [0.717, 1.165) is 18.3 Å². The van der Waals surface area contributed by atoms with Crippen LogP contribution in [0.3, 0.4) is 0 Å². The van der Waals surface area contributed by atoms with Gasteiger partial charge in [0.15, 0.2) is 0 Å². The molecule has 3 rings (SSSR count). The van der Waals surface area contributed by atoms with Crippen molar-refractivity contribution in [2.75, 3.05) is 19.0 Å². The average Bonchev–Trinajstić information content (AvgIpc) is 3.19. The quantitative estimate of drug-likeness (QED) is 0.772. The van der Waals surface area contributed by atoms with E-state index in [1.165, 1.54) is 45.1 Å². The lowest BCUT2D eigenvalue weighted by molar-refractivity contribution is 0.420. The van der Waals surface area contributed by atoms with Gasteiger partial charge in [-0.1, -0.05) is 24.3 Å². The van der Waals surface area contributed by atoms with E-state index in [1.807, 2.05) is 0 Å². The molecule has 1 fully saturated rings. The minimum absolute atomic E-state index is 0.552. The lowest BCUT2D eigenvalue weighted by Crippen LogP contribution is -2.30. The minimum Gasteiger partial charge on any atom is -0.316 e. The van der Waals surface area contributed by atoms with Gasteiger partial charge in [-0.25, -0.2) is 0 Å². The Kier molecular flexibility index (Phi) is 4.14. The number of hydrogen-bond acceptors (Lipinski definition) is 1. The van der Waals surface area contributed by atoms with Crippen LogP contribution < -0.4 is 5.32 Å². The smallest absolute Gasteiger partial charge is 0.0229 e. The fraction of sp³-hybridized carbons (Fsp3) is 0.647. The van der Waals surface area contributed by atoms with E-state index in [9.17, 15) is 0 Å². The minimum atomic E-state index is 0.552. The summed E-state index contributed by atoms with van der Waals surface area (Å²) in [5.74, 6) is 1.53. The van der Waals surface area contributed by atoms with E-state index in [0.29, 0.717) is 5.41 Å². The number of fused-ring (bicyclic) bond motifs is 1. The van der Waals surface area contributed by atoms with Gasteiger partial charge in [-0.2, -0.15) is 0 Å². The van der Waals surface area contributed by atoms with Crippen LogP contribution in [0.15, 0.2) is 24.3 Å². The standard InChI is InChI=1S/C17H24ClN/c18-11-10-17(8-9-17)13-19-12-15-6-3-5-14-4-1-2-7-16(14)15/h1-2,4,7,15,19H,3,5-6,8-13H2. The fourth-order valence-electron chi connectivity index (χ4n) is 3.47. The van der Waals surface area contributed by atoms with Crippen LogP contribution in [0.5, 0.6) is 0 Å². The van der Waals surface area contributed by atoms with Crippen LogP contribution in [0.1, 0.15) is 49.1 Å². The molecule has 1 atom stereocenters. The first-order valence-corrected chi connectivity index (χ1v) is 8.21. The van der Waals surface area contributed by atoms with Crippen LogP contribution in [0.4, 0.5) is 0 Å². The Morgan fingerprint density at radius 2 is 2.11 bits per heavy atom. The van der Waals surface area contributed by atoms with Gasteiger partial charge >= 0.3 is 0 Å². The first-order valence-electron chi connectivity index (χ1n) is 7.67. The number of hydrogen-bond donors (Lipinski definition) is 1. The summed E-state index contributed by atoms with van der Waals surface area (Å²) in [4.78, 5) is 0. The zero-order valence-corrected chi connectivity index (χ0v) is 12.4. The molecule has 2 aliphatic rings. The highest BCUT2D eigenvalue weighted by molar-refractivity contribution is 6.17. The maximum Gasteiger partial charge on any atom is 0.0229 e. The molecular weight excluding hydrogens is 254 g/mol. The summed E-state index contributed by atoms with van der Waals surface area (Å²) < 4.78 is 0. The van der Waals surface area contributed by atoms with Crippen LogP contribution in [0, 0.1) is 5.41 Å². The maximum atomic E-state index is 5.89. The van der Waals surface area contributed by atoms with Crippen LogP contribution >= 0.6 is 11.6 Å². The van der Waals surface area contributed by atoms with E-state index >= 15 is 0 Å². The van der Waals surface area contributed by atoms with Crippen LogP contribution in [-0.4, -0.2) is 19.0 Å². The molecule has 0 spiro atoms. The Balaban J connectivity index is 1.54. The summed E-state index contributed by atoms with van der Waals surface area (Å²) in [5.41, 5.74) is 3.71. The Bertz CT molecular complexity index is 425. The number of alkyl halides is 1. The molecule has 0 bridgehead atoms. The third kappa shape index (κ3) is 3.14. The Morgan fingerprint density at radius 1 is 1.26 bits per heavy atom. The SMILES string of the molecule is ClCCC1(CNCC2CCCc3ccccc32)CC1. The third-order valence-corrected chi connectivity index (χ3v) is 5.16. The normalized spacial score (nSPS) is 23.9. The van der Waals surface area contributed by atoms with Gasteiger partial charge in [0.1, 0.15) is 0 Å². The Labute approximate surface area is 121 Å². The van der Waals surface area contributed by atoms with E-state index in [1.54, 1.807) is 11.1 Å². The third-order valence-electron chi connectivity index (χ3n) is 4.97. The highest BCUT2D eigenvalue weighted by Gasteiger charge is 2.41. The average molecular weight is 278 g/mol. The number of nitrogens with one attached hydrogen (secondary N) is 1. The van der Waals surface area contributed by atoms with Gasteiger partial charge in [0.2, 0.25) is 0 Å². The topological polar surface area (TPSA) is 12.0 Å². The van der Waals surface area contributed by atoms with Crippen molar-refractivity contribution in [3.63, 3.8) is 0 Å². The summed E-state index contributed by atoms with van der Waals surface area (Å²) in [7, 11) is 0. The van der Waals surface area contributed by atoms with Gasteiger partial charge in [-0.3, -0.25) is 0 Å². The van der Waals surface area contributed by atoms with Crippen LogP contribution in [0.2, 0.25) is 0 Å². The molecule has 1 unspecified atom stereocenters. The second-order valence-corrected chi connectivity index (χ2v) is 6.74. The van der Waals surface area contributed by atoms with Crippen molar-refractivity contribution in [3.8, 4) is 0 Å². The highest BCUT2D eigenvalue weighted by atomic mass is 35.5. The van der Waals surface area contributed by atoms with Crippen molar-refractivity contribution in [1.82, 2.24) is 5.32 Å². The zero-order chi connectivity index (χ0) is 13.1. The molecule has 0 heterocycles. The number of rotatable bonds is 6. The number of benzene rings is 1. The van der Waals surface area contributed by atoms with Gasteiger partial charge in [0, 0.05) is 19.0 Å². The molecule has 0 amide bonds. The second-order valence-electron chi connectivity index (χ2n) is 6.36. The van der Waals surface area contributed by atoms with Crippen molar-refractivity contribution in [3.05, 3.63) is 35.4 Å². The van der Waals surface area contributed by atoms with Crippen molar-refractivity contribution in [2.24, 2.45) is 5.41 Å². The molecule has 0 radical (unpaired) electrons. The van der Waals surface area contributed by atoms with Crippen molar-refractivity contribution in [1.29, 1.82) is 0 Å². The molecule has 0 aromatic heterocycles. The van der Waals surface area contributed by atoms with Gasteiger partial charge in [-0.05, 0) is 61.0 Å². The van der Waals surface area contributed by atoms with E-state index < -0.39 is 0 Å². The van der Waals surface area contributed by atoms with Crippen LogP contribution in [0.25, 0.3) is 0 Å². The largest absolute Gasteiger partial charge is 0.316 e. The fourth-order valence-corrected chi connectivity index (χ4v) is 3.87. The molecule has 0 aliphatic heterocycles. The van der Waals surface area contributed by atoms with Gasteiger partial charge in [0.05, 0.1) is 0 Å². The van der Waals surface area contributed by atoms with Crippen molar-refractivity contribution < 1.29 is 0 Å². The molecule has 1 nitrogen and oxygen atoms in total. The second kappa shape index (κ2) is 5.85. The number of halogens is 1. The van der Waals surface area contributed by atoms with Crippen molar-refractivity contribution >= 4 is 11.6 Å².